The van der Waals surface area contributed by atoms with Crippen molar-refractivity contribution in [1.29, 1.82) is 0 Å². The Bertz CT molecular complexity index is 310. The molecule has 1 fully saturated rings. The summed E-state index contributed by atoms with van der Waals surface area (Å²) in [6.07, 6.45) is 3.31. The van der Waals surface area contributed by atoms with Crippen LogP contribution in [0.1, 0.15) is 46.5 Å². The molecular formula is C14H27N3O2. The molecule has 0 aromatic rings. The van der Waals surface area contributed by atoms with Gasteiger partial charge >= 0.3 is 0 Å². The first-order chi connectivity index (χ1) is 8.95. The van der Waals surface area contributed by atoms with Crippen LogP contribution in [-0.2, 0) is 9.59 Å². The molecule has 2 amide bonds. The molecule has 0 aromatic heterocycles. The van der Waals surface area contributed by atoms with Gasteiger partial charge in [-0.3, -0.25) is 9.59 Å². The first-order valence-corrected chi connectivity index (χ1v) is 7.30. The summed E-state index contributed by atoms with van der Waals surface area (Å²) in [6.45, 7) is 7.19. The Balaban J connectivity index is 2.36. The Morgan fingerprint density at radius 1 is 1.32 bits per heavy atom. The van der Waals surface area contributed by atoms with Crippen LogP contribution in [0.5, 0.6) is 0 Å². The molecule has 1 atom stereocenters. The summed E-state index contributed by atoms with van der Waals surface area (Å²) in [6, 6.07) is -0.173. The third kappa shape index (κ3) is 4.82. The molecule has 1 aliphatic rings. The van der Waals surface area contributed by atoms with E-state index in [0.717, 1.165) is 25.7 Å². The second-order valence-electron chi connectivity index (χ2n) is 5.66. The Labute approximate surface area is 115 Å². The summed E-state index contributed by atoms with van der Waals surface area (Å²) >= 11 is 0. The van der Waals surface area contributed by atoms with Crippen molar-refractivity contribution >= 4 is 11.8 Å². The maximum absolute atomic E-state index is 12.0. The first kappa shape index (κ1) is 16.0. The van der Waals surface area contributed by atoms with Crippen molar-refractivity contribution in [3.05, 3.63) is 0 Å². The first-order valence-electron chi connectivity index (χ1n) is 7.30. The average Bonchev–Trinajstić information content (AvgIpc) is 2.39. The molecular weight excluding hydrogens is 242 g/mol. The van der Waals surface area contributed by atoms with Crippen molar-refractivity contribution in [2.45, 2.75) is 58.5 Å². The number of carbonyl (C=O) groups is 2. The summed E-state index contributed by atoms with van der Waals surface area (Å²) in [5.74, 6) is 0.153. The van der Waals surface area contributed by atoms with Crippen LogP contribution in [0.4, 0.5) is 0 Å². The van der Waals surface area contributed by atoms with Gasteiger partial charge in [0.2, 0.25) is 11.8 Å². The van der Waals surface area contributed by atoms with Gasteiger partial charge in [0.05, 0.1) is 6.04 Å². The van der Waals surface area contributed by atoms with Crippen LogP contribution in [0.2, 0.25) is 0 Å². The lowest BCUT2D eigenvalue weighted by atomic mass is 10.0. The van der Waals surface area contributed by atoms with Gasteiger partial charge in [-0.15, -0.1) is 0 Å². The molecule has 0 spiro atoms. The molecule has 0 radical (unpaired) electrons. The fourth-order valence-corrected chi connectivity index (χ4v) is 2.28. The molecule has 1 aliphatic heterocycles. The van der Waals surface area contributed by atoms with Gasteiger partial charge in [-0.1, -0.05) is 27.2 Å². The molecule has 0 saturated carbocycles. The molecule has 19 heavy (non-hydrogen) atoms. The zero-order chi connectivity index (χ0) is 14.4. The van der Waals surface area contributed by atoms with Crippen molar-refractivity contribution in [3.63, 3.8) is 0 Å². The molecule has 0 bridgehead atoms. The van der Waals surface area contributed by atoms with Crippen LogP contribution in [0.3, 0.4) is 0 Å². The average molecular weight is 269 g/mol. The lowest BCUT2D eigenvalue weighted by molar-refractivity contribution is -0.134. The minimum Gasteiger partial charge on any atom is -0.353 e. The summed E-state index contributed by atoms with van der Waals surface area (Å²) in [5.41, 5.74) is 5.85. The third-order valence-electron chi connectivity index (χ3n) is 3.59. The van der Waals surface area contributed by atoms with Gasteiger partial charge in [0.25, 0.3) is 0 Å². The van der Waals surface area contributed by atoms with Gasteiger partial charge in [-0.25, -0.2) is 0 Å². The highest BCUT2D eigenvalue weighted by atomic mass is 16.2. The van der Waals surface area contributed by atoms with Crippen LogP contribution < -0.4 is 11.1 Å². The Hall–Kier alpha value is -1.10. The molecule has 110 valence electrons. The SMILES string of the molecule is CCC[C@@H](N)C(=O)N1CCC(NC(=O)C(C)C)CC1. The highest BCUT2D eigenvalue weighted by Gasteiger charge is 2.26. The lowest BCUT2D eigenvalue weighted by Gasteiger charge is -2.34. The Morgan fingerprint density at radius 3 is 2.37 bits per heavy atom. The van der Waals surface area contributed by atoms with Crippen molar-refractivity contribution < 1.29 is 9.59 Å². The third-order valence-corrected chi connectivity index (χ3v) is 3.59. The number of hydrogen-bond donors (Lipinski definition) is 2. The maximum Gasteiger partial charge on any atom is 0.239 e. The maximum atomic E-state index is 12.0. The standard InChI is InChI=1S/C14H27N3O2/c1-4-5-12(15)14(19)17-8-6-11(7-9-17)16-13(18)10(2)3/h10-12H,4-9,15H2,1-3H3,(H,16,18)/t12-/m1/s1. The predicted octanol–water partition coefficient (Wildman–Crippen LogP) is 0.877. The van der Waals surface area contributed by atoms with Gasteiger partial charge in [0.1, 0.15) is 0 Å². The van der Waals surface area contributed by atoms with Crippen LogP contribution in [0.25, 0.3) is 0 Å². The topological polar surface area (TPSA) is 75.4 Å². The summed E-state index contributed by atoms with van der Waals surface area (Å²) in [4.78, 5) is 25.5. The molecule has 1 saturated heterocycles. The van der Waals surface area contributed by atoms with Gasteiger partial charge in [0, 0.05) is 25.0 Å². The van der Waals surface area contributed by atoms with E-state index in [0.29, 0.717) is 13.1 Å². The van der Waals surface area contributed by atoms with Gasteiger partial charge < -0.3 is 16.0 Å². The molecule has 1 rings (SSSR count). The summed E-state index contributed by atoms with van der Waals surface area (Å²) < 4.78 is 0. The van der Waals surface area contributed by atoms with E-state index >= 15 is 0 Å². The second kappa shape index (κ2) is 7.48. The number of nitrogens with one attached hydrogen (secondary N) is 1. The van der Waals surface area contributed by atoms with E-state index in [1.165, 1.54) is 0 Å². The highest BCUT2D eigenvalue weighted by Crippen LogP contribution is 2.13. The molecule has 5 heteroatoms. The summed E-state index contributed by atoms with van der Waals surface area (Å²) in [5, 5.41) is 3.02. The molecule has 0 aliphatic carbocycles. The van der Waals surface area contributed by atoms with E-state index in [4.69, 9.17) is 5.73 Å². The van der Waals surface area contributed by atoms with E-state index in [1.54, 1.807) is 0 Å². The number of rotatable bonds is 5. The largest absolute Gasteiger partial charge is 0.353 e. The molecule has 3 N–H and O–H groups in total. The monoisotopic (exact) mass is 269 g/mol. The molecule has 0 aromatic carbocycles. The van der Waals surface area contributed by atoms with Crippen molar-refractivity contribution in [2.75, 3.05) is 13.1 Å². The van der Waals surface area contributed by atoms with E-state index in [2.05, 4.69) is 5.32 Å². The zero-order valence-electron chi connectivity index (χ0n) is 12.3. The lowest BCUT2D eigenvalue weighted by Crippen LogP contribution is -2.51. The van der Waals surface area contributed by atoms with Crippen LogP contribution in [-0.4, -0.2) is 41.9 Å². The molecule has 0 unspecified atom stereocenters. The van der Waals surface area contributed by atoms with Gasteiger partial charge in [-0.2, -0.15) is 0 Å². The van der Waals surface area contributed by atoms with E-state index in [9.17, 15) is 9.59 Å². The van der Waals surface area contributed by atoms with Crippen LogP contribution in [0, 0.1) is 5.92 Å². The van der Waals surface area contributed by atoms with Gasteiger partial charge in [0.15, 0.2) is 0 Å². The Morgan fingerprint density at radius 2 is 1.89 bits per heavy atom. The molecule has 5 nitrogen and oxygen atoms in total. The highest BCUT2D eigenvalue weighted by molar-refractivity contribution is 5.82. The van der Waals surface area contributed by atoms with Gasteiger partial charge in [-0.05, 0) is 19.3 Å². The number of nitrogens with zero attached hydrogens (tertiary/aromatic N) is 1. The molecule has 1 heterocycles. The minimum atomic E-state index is -0.369. The van der Waals surface area contributed by atoms with Crippen LogP contribution in [0.15, 0.2) is 0 Å². The number of amides is 2. The van der Waals surface area contributed by atoms with E-state index < -0.39 is 0 Å². The second-order valence-corrected chi connectivity index (χ2v) is 5.66. The number of carbonyl (C=O) groups excluding carboxylic acids is 2. The number of piperidine rings is 1. The van der Waals surface area contributed by atoms with E-state index in [-0.39, 0.29) is 29.8 Å². The minimum absolute atomic E-state index is 0.0117. The van der Waals surface area contributed by atoms with Crippen LogP contribution >= 0.6 is 0 Å². The van der Waals surface area contributed by atoms with Crippen molar-refractivity contribution in [3.8, 4) is 0 Å². The fraction of sp³-hybridized carbons (Fsp3) is 0.857. The normalized spacial score (nSPS) is 18.5. The number of hydrogen-bond acceptors (Lipinski definition) is 3. The predicted molar refractivity (Wildman–Crippen MR) is 75.5 cm³/mol. The van der Waals surface area contributed by atoms with E-state index in [1.807, 2.05) is 25.7 Å². The summed E-state index contributed by atoms with van der Waals surface area (Å²) in [7, 11) is 0. The number of nitrogens with two attached hydrogens (primary N) is 1. The quantitative estimate of drug-likeness (QED) is 0.778. The Kier molecular flexibility index (Phi) is 6.28. The van der Waals surface area contributed by atoms with Crippen molar-refractivity contribution in [1.82, 2.24) is 10.2 Å². The number of likely N-dealkylation sites (tertiary alicyclic amines) is 1. The zero-order valence-corrected chi connectivity index (χ0v) is 12.3. The smallest absolute Gasteiger partial charge is 0.239 e. The van der Waals surface area contributed by atoms with Crippen molar-refractivity contribution in [2.24, 2.45) is 11.7 Å². The fourth-order valence-electron chi connectivity index (χ4n) is 2.28.